The van der Waals surface area contributed by atoms with Gasteiger partial charge in [-0.1, -0.05) is 39.7 Å². The molecule has 0 spiro atoms. The summed E-state index contributed by atoms with van der Waals surface area (Å²) < 4.78 is 11.8. The molecule has 0 heterocycles. The normalized spacial score (nSPS) is 11.0. The number of nitriles is 1. The fourth-order valence-corrected chi connectivity index (χ4v) is 2.67. The van der Waals surface area contributed by atoms with Gasteiger partial charge in [0, 0.05) is 4.47 Å². The molecule has 118 valence electrons. The van der Waals surface area contributed by atoms with Gasteiger partial charge < -0.3 is 9.47 Å². The number of nitrogens with zero attached hydrogens (tertiary/aromatic N) is 1. The lowest BCUT2D eigenvalue weighted by atomic mass is 10.0. The predicted molar refractivity (Wildman–Crippen MR) is 96.8 cm³/mol. The van der Waals surface area contributed by atoms with Crippen molar-refractivity contribution in [1.29, 1.82) is 5.26 Å². The molecule has 0 fully saturated rings. The molecule has 0 saturated carbocycles. The first-order chi connectivity index (χ1) is 11.1. The van der Waals surface area contributed by atoms with E-state index in [-0.39, 0.29) is 0 Å². The minimum absolute atomic E-state index is 0.442. The molecule has 0 radical (unpaired) electrons. The Bertz CT molecular complexity index is 764. The van der Waals surface area contributed by atoms with Crippen LogP contribution in [0.4, 0.5) is 0 Å². The second-order valence-electron chi connectivity index (χ2n) is 4.64. The number of rotatable bonds is 5. The van der Waals surface area contributed by atoms with Crippen LogP contribution in [0.3, 0.4) is 0 Å². The average Bonchev–Trinajstić information content (AvgIpc) is 2.54. The summed E-state index contributed by atoms with van der Waals surface area (Å²) in [7, 11) is 1.54. The third-order valence-corrected chi connectivity index (χ3v) is 3.93. The van der Waals surface area contributed by atoms with Crippen LogP contribution in [0.25, 0.3) is 11.6 Å². The molecule has 0 saturated heterocycles. The largest absolute Gasteiger partial charge is 0.491 e. The molecule has 0 aromatic heterocycles. The van der Waals surface area contributed by atoms with Gasteiger partial charge in [-0.15, -0.1) is 0 Å². The van der Waals surface area contributed by atoms with E-state index < -0.39 is 0 Å². The molecule has 0 aliphatic carbocycles. The van der Waals surface area contributed by atoms with Crippen LogP contribution in [0.15, 0.2) is 40.9 Å². The Balaban J connectivity index is 2.48. The zero-order valence-electron chi connectivity index (χ0n) is 12.8. The molecule has 0 atom stereocenters. The molecule has 23 heavy (non-hydrogen) atoms. The SMILES string of the molecule is CCOc1cc(/C=C(\C#N)c2ccc(Br)cc2)cc(Cl)c1OC. The molecule has 0 unspecified atom stereocenters. The van der Waals surface area contributed by atoms with E-state index >= 15 is 0 Å². The zero-order chi connectivity index (χ0) is 16.8. The molecule has 0 amide bonds. The molecular weight excluding hydrogens is 378 g/mol. The smallest absolute Gasteiger partial charge is 0.179 e. The van der Waals surface area contributed by atoms with Crippen molar-refractivity contribution >= 4 is 39.2 Å². The lowest BCUT2D eigenvalue weighted by Crippen LogP contribution is -1.96. The monoisotopic (exact) mass is 391 g/mol. The van der Waals surface area contributed by atoms with Crippen LogP contribution in [0.5, 0.6) is 11.5 Å². The Labute approximate surface area is 149 Å². The van der Waals surface area contributed by atoms with Crippen LogP contribution in [-0.4, -0.2) is 13.7 Å². The summed E-state index contributed by atoms with van der Waals surface area (Å²) in [5, 5.41) is 9.88. The number of hydrogen-bond acceptors (Lipinski definition) is 3. The molecule has 0 bridgehead atoms. The second-order valence-corrected chi connectivity index (χ2v) is 5.97. The highest BCUT2D eigenvalue weighted by molar-refractivity contribution is 9.10. The third kappa shape index (κ3) is 4.28. The van der Waals surface area contributed by atoms with Crippen molar-refractivity contribution in [1.82, 2.24) is 0 Å². The van der Waals surface area contributed by atoms with E-state index in [0.717, 1.165) is 15.6 Å². The minimum Gasteiger partial charge on any atom is -0.491 e. The Morgan fingerprint density at radius 2 is 2.00 bits per heavy atom. The summed E-state index contributed by atoms with van der Waals surface area (Å²) in [6.07, 6.45) is 1.77. The van der Waals surface area contributed by atoms with Crippen LogP contribution >= 0.6 is 27.5 Å². The fourth-order valence-electron chi connectivity index (χ4n) is 2.11. The number of allylic oxidation sites excluding steroid dienone is 1. The van der Waals surface area contributed by atoms with Crippen molar-refractivity contribution in [3.8, 4) is 17.6 Å². The van der Waals surface area contributed by atoms with Crippen LogP contribution in [0.2, 0.25) is 5.02 Å². The van der Waals surface area contributed by atoms with Crippen molar-refractivity contribution in [2.45, 2.75) is 6.92 Å². The fraction of sp³-hybridized carbons (Fsp3) is 0.167. The number of benzene rings is 2. The first kappa shape index (κ1) is 17.4. The topological polar surface area (TPSA) is 42.2 Å². The van der Waals surface area contributed by atoms with Crippen molar-refractivity contribution < 1.29 is 9.47 Å². The lowest BCUT2D eigenvalue weighted by Gasteiger charge is -2.12. The molecule has 0 aliphatic rings. The molecule has 2 rings (SSSR count). The summed E-state index contributed by atoms with van der Waals surface area (Å²) in [6, 6.07) is 13.3. The number of halogens is 2. The minimum atomic E-state index is 0.442. The maximum absolute atomic E-state index is 9.43. The second kappa shape index (κ2) is 8.05. The van der Waals surface area contributed by atoms with Gasteiger partial charge in [-0.25, -0.2) is 0 Å². The Kier molecular flexibility index (Phi) is 6.09. The van der Waals surface area contributed by atoms with E-state index in [9.17, 15) is 5.26 Å². The number of hydrogen-bond donors (Lipinski definition) is 0. The molecule has 3 nitrogen and oxygen atoms in total. The van der Waals surface area contributed by atoms with Crippen LogP contribution in [0.1, 0.15) is 18.1 Å². The third-order valence-electron chi connectivity index (χ3n) is 3.12. The van der Waals surface area contributed by atoms with E-state index in [1.807, 2.05) is 37.3 Å². The predicted octanol–water partition coefficient (Wildman–Crippen LogP) is 5.57. The van der Waals surface area contributed by atoms with Gasteiger partial charge in [0.2, 0.25) is 0 Å². The van der Waals surface area contributed by atoms with Crippen LogP contribution < -0.4 is 9.47 Å². The van der Waals surface area contributed by atoms with Crippen LogP contribution in [0, 0.1) is 11.3 Å². The average molecular weight is 393 g/mol. The lowest BCUT2D eigenvalue weighted by molar-refractivity contribution is 0.311. The first-order valence-electron chi connectivity index (χ1n) is 6.97. The van der Waals surface area contributed by atoms with E-state index in [1.165, 1.54) is 0 Å². The molecule has 0 N–H and O–H groups in total. The molecule has 0 aliphatic heterocycles. The number of methoxy groups -OCH3 is 1. The summed E-state index contributed by atoms with van der Waals surface area (Å²) in [4.78, 5) is 0. The highest BCUT2D eigenvalue weighted by Crippen LogP contribution is 2.37. The van der Waals surface area contributed by atoms with Gasteiger partial charge in [0.15, 0.2) is 11.5 Å². The van der Waals surface area contributed by atoms with E-state index in [1.54, 1.807) is 19.3 Å². The summed E-state index contributed by atoms with van der Waals surface area (Å²) in [5.41, 5.74) is 2.15. The standard InChI is InChI=1S/C18H15BrClNO2/c1-3-23-17-10-12(9-16(20)18(17)22-2)8-14(11-21)13-4-6-15(19)7-5-13/h4-10H,3H2,1-2H3/b14-8+. The van der Waals surface area contributed by atoms with Crippen molar-refractivity contribution in [3.63, 3.8) is 0 Å². The van der Waals surface area contributed by atoms with E-state index in [4.69, 9.17) is 21.1 Å². The highest BCUT2D eigenvalue weighted by Gasteiger charge is 2.11. The molecule has 5 heteroatoms. The zero-order valence-corrected chi connectivity index (χ0v) is 15.1. The number of ether oxygens (including phenoxy) is 2. The summed E-state index contributed by atoms with van der Waals surface area (Å²) >= 11 is 9.63. The van der Waals surface area contributed by atoms with Gasteiger partial charge in [-0.2, -0.15) is 5.26 Å². The van der Waals surface area contributed by atoms with E-state index in [2.05, 4.69) is 22.0 Å². The maximum atomic E-state index is 9.43. The first-order valence-corrected chi connectivity index (χ1v) is 8.14. The van der Waals surface area contributed by atoms with Gasteiger partial charge in [0.1, 0.15) is 0 Å². The van der Waals surface area contributed by atoms with Gasteiger partial charge >= 0.3 is 0 Å². The van der Waals surface area contributed by atoms with Crippen molar-refractivity contribution in [2.24, 2.45) is 0 Å². The maximum Gasteiger partial charge on any atom is 0.179 e. The van der Waals surface area contributed by atoms with Crippen molar-refractivity contribution in [3.05, 3.63) is 57.0 Å². The van der Waals surface area contributed by atoms with Crippen molar-refractivity contribution in [2.75, 3.05) is 13.7 Å². The van der Waals surface area contributed by atoms with Gasteiger partial charge in [-0.3, -0.25) is 0 Å². The highest BCUT2D eigenvalue weighted by atomic mass is 79.9. The van der Waals surface area contributed by atoms with E-state index in [0.29, 0.717) is 28.7 Å². The van der Waals surface area contributed by atoms with Gasteiger partial charge in [0.05, 0.1) is 30.4 Å². The summed E-state index contributed by atoms with van der Waals surface area (Å²) in [5.74, 6) is 1.05. The Morgan fingerprint density at radius 3 is 2.57 bits per heavy atom. The Morgan fingerprint density at radius 1 is 1.30 bits per heavy atom. The summed E-state index contributed by atoms with van der Waals surface area (Å²) in [6.45, 7) is 2.38. The molecule has 2 aromatic rings. The Hall–Kier alpha value is -1.96. The quantitative estimate of drug-likeness (QED) is 0.493. The van der Waals surface area contributed by atoms with Gasteiger partial charge in [-0.05, 0) is 48.4 Å². The van der Waals surface area contributed by atoms with Gasteiger partial charge in [0.25, 0.3) is 0 Å². The molecular formula is C18H15BrClNO2. The van der Waals surface area contributed by atoms with Crippen LogP contribution in [-0.2, 0) is 0 Å². The molecule has 2 aromatic carbocycles.